The number of hydrogen-bond acceptors (Lipinski definition) is 6. The molecule has 0 fully saturated rings. The summed E-state index contributed by atoms with van der Waals surface area (Å²) in [6.07, 6.45) is -0.506. The molecule has 0 unspecified atom stereocenters. The van der Waals surface area contributed by atoms with Gasteiger partial charge in [-0.05, 0) is 52.0 Å². The van der Waals surface area contributed by atoms with Gasteiger partial charge in [0.15, 0.2) is 5.69 Å². The molecular formula is C17H20N2O4S. The van der Waals surface area contributed by atoms with Gasteiger partial charge in [-0.3, -0.25) is 5.32 Å². The molecule has 0 spiro atoms. The van der Waals surface area contributed by atoms with Crippen molar-refractivity contribution < 1.29 is 19.1 Å². The predicted molar refractivity (Wildman–Crippen MR) is 93.5 cm³/mol. The third kappa shape index (κ3) is 4.55. The molecule has 2 aromatic rings. The maximum absolute atomic E-state index is 11.7. The van der Waals surface area contributed by atoms with Crippen molar-refractivity contribution in [3.05, 3.63) is 34.8 Å². The molecule has 0 aliphatic rings. The van der Waals surface area contributed by atoms with Gasteiger partial charge in [-0.2, -0.15) is 0 Å². The number of benzene rings is 1. The van der Waals surface area contributed by atoms with Gasteiger partial charge in [0.1, 0.15) is 10.6 Å². The fraction of sp³-hybridized carbons (Fsp3) is 0.353. The van der Waals surface area contributed by atoms with Gasteiger partial charge >= 0.3 is 12.1 Å². The van der Waals surface area contributed by atoms with Gasteiger partial charge in [0.25, 0.3) is 0 Å². The van der Waals surface area contributed by atoms with Gasteiger partial charge in [-0.25, -0.2) is 14.6 Å². The van der Waals surface area contributed by atoms with Crippen molar-refractivity contribution in [3.63, 3.8) is 0 Å². The van der Waals surface area contributed by atoms with Crippen molar-refractivity contribution in [2.45, 2.75) is 33.3 Å². The third-order valence-electron chi connectivity index (χ3n) is 2.95. The van der Waals surface area contributed by atoms with Crippen LogP contribution in [0.5, 0.6) is 0 Å². The molecule has 6 nitrogen and oxygen atoms in total. The average Bonchev–Trinajstić information content (AvgIpc) is 2.87. The van der Waals surface area contributed by atoms with Crippen LogP contribution in [-0.4, -0.2) is 29.8 Å². The van der Waals surface area contributed by atoms with Crippen molar-refractivity contribution >= 4 is 29.1 Å². The summed E-state index contributed by atoms with van der Waals surface area (Å²) < 4.78 is 9.92. The third-order valence-corrected chi connectivity index (χ3v) is 3.97. The van der Waals surface area contributed by atoms with Crippen molar-refractivity contribution in [2.24, 2.45) is 0 Å². The van der Waals surface area contributed by atoms with Crippen LogP contribution < -0.4 is 5.32 Å². The Morgan fingerprint density at radius 1 is 1.17 bits per heavy atom. The molecule has 1 aromatic heterocycles. The van der Waals surface area contributed by atoms with Crippen LogP contribution in [0.4, 0.5) is 10.5 Å². The summed E-state index contributed by atoms with van der Waals surface area (Å²) in [4.78, 5) is 28.5. The predicted octanol–water partition coefficient (Wildman–Crippen LogP) is 4.25. The Kier molecular flexibility index (Phi) is 5.23. The average molecular weight is 348 g/mol. The number of carbonyl (C=O) groups is 2. The Labute approximate surface area is 144 Å². The molecule has 0 saturated heterocycles. The molecule has 0 bridgehead atoms. The number of aryl methyl sites for hydroxylation is 1. The highest BCUT2D eigenvalue weighted by Crippen LogP contribution is 2.29. The van der Waals surface area contributed by atoms with E-state index in [1.165, 1.54) is 18.4 Å². The van der Waals surface area contributed by atoms with E-state index in [0.29, 0.717) is 11.4 Å². The van der Waals surface area contributed by atoms with Gasteiger partial charge in [0.05, 0.1) is 7.11 Å². The maximum Gasteiger partial charge on any atom is 0.412 e. The summed E-state index contributed by atoms with van der Waals surface area (Å²) in [6.45, 7) is 7.24. The van der Waals surface area contributed by atoms with Crippen molar-refractivity contribution in [3.8, 4) is 10.6 Å². The Bertz CT molecular complexity index is 745. The molecule has 0 radical (unpaired) electrons. The van der Waals surface area contributed by atoms with Crippen LogP contribution in [0, 0.1) is 6.92 Å². The number of amides is 1. The van der Waals surface area contributed by atoms with Crippen LogP contribution in [0.25, 0.3) is 10.6 Å². The van der Waals surface area contributed by atoms with Gasteiger partial charge in [0, 0.05) is 16.1 Å². The SMILES string of the molecule is COC(=O)c1nc(-c2ccc(NC(=O)OC(C)(C)C)cc2)sc1C. The molecule has 0 saturated carbocycles. The topological polar surface area (TPSA) is 77.5 Å². The maximum atomic E-state index is 11.7. The summed E-state index contributed by atoms with van der Waals surface area (Å²) in [5.41, 5.74) is 1.25. The molecule has 1 heterocycles. The van der Waals surface area contributed by atoms with Gasteiger partial charge < -0.3 is 9.47 Å². The molecule has 1 amide bonds. The van der Waals surface area contributed by atoms with E-state index in [0.717, 1.165) is 15.4 Å². The van der Waals surface area contributed by atoms with Crippen molar-refractivity contribution in [1.82, 2.24) is 4.98 Å². The Morgan fingerprint density at radius 2 is 1.79 bits per heavy atom. The first kappa shape index (κ1) is 17.9. The highest BCUT2D eigenvalue weighted by Gasteiger charge is 2.18. The number of nitrogens with zero attached hydrogens (tertiary/aromatic N) is 1. The standard InChI is InChI=1S/C17H20N2O4S/c1-10-13(15(20)22-5)19-14(24-10)11-6-8-12(9-7-11)18-16(21)23-17(2,3)4/h6-9H,1-5H3,(H,18,21). The van der Waals surface area contributed by atoms with E-state index >= 15 is 0 Å². The lowest BCUT2D eigenvalue weighted by Gasteiger charge is -2.19. The first-order valence-corrected chi connectivity index (χ1v) is 8.17. The number of esters is 1. The van der Waals surface area contributed by atoms with Crippen LogP contribution in [0.2, 0.25) is 0 Å². The quantitative estimate of drug-likeness (QED) is 0.839. The largest absolute Gasteiger partial charge is 0.464 e. The fourth-order valence-corrected chi connectivity index (χ4v) is 2.83. The van der Waals surface area contributed by atoms with E-state index in [2.05, 4.69) is 10.3 Å². The zero-order valence-corrected chi connectivity index (χ0v) is 15.1. The second-order valence-corrected chi connectivity index (χ2v) is 7.32. The zero-order valence-electron chi connectivity index (χ0n) is 14.3. The van der Waals surface area contributed by atoms with Crippen molar-refractivity contribution in [2.75, 3.05) is 12.4 Å². The van der Waals surface area contributed by atoms with Gasteiger partial charge in [-0.1, -0.05) is 0 Å². The molecule has 7 heteroatoms. The fourth-order valence-electron chi connectivity index (χ4n) is 1.92. The molecule has 0 aliphatic carbocycles. The number of hydrogen-bond donors (Lipinski definition) is 1. The van der Waals surface area contributed by atoms with Crippen LogP contribution >= 0.6 is 11.3 Å². The number of ether oxygens (including phenoxy) is 2. The van der Waals surface area contributed by atoms with E-state index < -0.39 is 17.7 Å². The number of aromatic nitrogens is 1. The lowest BCUT2D eigenvalue weighted by atomic mass is 10.2. The van der Waals surface area contributed by atoms with E-state index in [9.17, 15) is 9.59 Å². The van der Waals surface area contributed by atoms with Crippen molar-refractivity contribution in [1.29, 1.82) is 0 Å². The van der Waals surface area contributed by atoms with Crippen LogP contribution in [0.1, 0.15) is 36.1 Å². The first-order chi connectivity index (χ1) is 11.2. The Hall–Kier alpha value is -2.41. The summed E-state index contributed by atoms with van der Waals surface area (Å²) in [5, 5.41) is 3.39. The number of methoxy groups -OCH3 is 1. The highest BCUT2D eigenvalue weighted by atomic mass is 32.1. The summed E-state index contributed by atoms with van der Waals surface area (Å²) >= 11 is 1.41. The molecule has 128 valence electrons. The second-order valence-electron chi connectivity index (χ2n) is 6.12. The number of rotatable bonds is 3. The van der Waals surface area contributed by atoms with E-state index in [1.54, 1.807) is 32.9 Å². The number of carbonyl (C=O) groups excluding carboxylic acids is 2. The van der Waals surface area contributed by atoms with E-state index in [1.807, 2.05) is 19.1 Å². The van der Waals surface area contributed by atoms with Crippen LogP contribution in [0.3, 0.4) is 0 Å². The van der Waals surface area contributed by atoms with Gasteiger partial charge in [-0.15, -0.1) is 11.3 Å². The molecule has 2 rings (SSSR count). The zero-order chi connectivity index (χ0) is 17.9. The second kappa shape index (κ2) is 7.00. The summed E-state index contributed by atoms with van der Waals surface area (Å²) in [5.74, 6) is -0.446. The lowest BCUT2D eigenvalue weighted by Crippen LogP contribution is -2.27. The molecule has 24 heavy (non-hydrogen) atoms. The molecule has 0 aliphatic heterocycles. The Morgan fingerprint density at radius 3 is 2.33 bits per heavy atom. The minimum Gasteiger partial charge on any atom is -0.464 e. The van der Waals surface area contributed by atoms with Crippen LogP contribution in [0.15, 0.2) is 24.3 Å². The highest BCUT2D eigenvalue weighted by molar-refractivity contribution is 7.15. The van der Waals surface area contributed by atoms with E-state index in [-0.39, 0.29) is 0 Å². The molecule has 1 N–H and O–H groups in total. The summed E-state index contributed by atoms with van der Waals surface area (Å²) in [7, 11) is 1.33. The first-order valence-electron chi connectivity index (χ1n) is 7.36. The normalized spacial score (nSPS) is 11.0. The van der Waals surface area contributed by atoms with E-state index in [4.69, 9.17) is 9.47 Å². The molecule has 0 atom stereocenters. The smallest absolute Gasteiger partial charge is 0.412 e. The monoisotopic (exact) mass is 348 g/mol. The lowest BCUT2D eigenvalue weighted by molar-refractivity contribution is 0.0592. The number of anilines is 1. The number of nitrogens with one attached hydrogen (secondary N) is 1. The minimum absolute atomic E-state index is 0.327. The number of thiazole rings is 1. The molecular weight excluding hydrogens is 328 g/mol. The van der Waals surface area contributed by atoms with Gasteiger partial charge in [0.2, 0.25) is 0 Å². The summed E-state index contributed by atoms with van der Waals surface area (Å²) in [6, 6.07) is 7.17. The minimum atomic E-state index is -0.549. The Balaban J connectivity index is 2.12. The molecule has 1 aromatic carbocycles. The van der Waals surface area contributed by atoms with Crippen LogP contribution in [-0.2, 0) is 9.47 Å².